The summed E-state index contributed by atoms with van der Waals surface area (Å²) in [6.07, 6.45) is 0. The van der Waals surface area contributed by atoms with E-state index in [9.17, 15) is 0 Å². The normalized spacial score (nSPS) is 21.2. The number of rotatable bonds is 1. The lowest BCUT2D eigenvalue weighted by Crippen LogP contribution is -2.41. The molecule has 4 nitrogen and oxygen atoms in total. The van der Waals surface area contributed by atoms with Gasteiger partial charge in [0.25, 0.3) is 0 Å². The lowest BCUT2D eigenvalue weighted by atomic mass is 9.85. The molecule has 0 spiro atoms. The lowest BCUT2D eigenvalue weighted by Gasteiger charge is -2.34. The molecule has 1 N–H and O–H groups in total. The van der Waals surface area contributed by atoms with Gasteiger partial charge in [0.15, 0.2) is 5.82 Å². The van der Waals surface area contributed by atoms with Crippen LogP contribution in [0.4, 0.5) is 0 Å². The van der Waals surface area contributed by atoms with E-state index in [2.05, 4.69) is 54.7 Å². The van der Waals surface area contributed by atoms with Gasteiger partial charge < -0.3 is 9.88 Å². The summed E-state index contributed by atoms with van der Waals surface area (Å²) >= 11 is 0. The van der Waals surface area contributed by atoms with Gasteiger partial charge in [0.2, 0.25) is 0 Å². The third-order valence-corrected chi connectivity index (χ3v) is 3.13. The highest BCUT2D eigenvalue weighted by Gasteiger charge is 2.33. The van der Waals surface area contributed by atoms with Gasteiger partial charge >= 0.3 is 0 Å². The van der Waals surface area contributed by atoms with E-state index in [1.807, 2.05) is 0 Å². The van der Waals surface area contributed by atoms with E-state index >= 15 is 0 Å². The van der Waals surface area contributed by atoms with Crippen molar-refractivity contribution in [3.05, 3.63) is 11.6 Å². The summed E-state index contributed by atoms with van der Waals surface area (Å²) in [5, 5.41) is 12.3. The van der Waals surface area contributed by atoms with Crippen LogP contribution in [0.2, 0.25) is 0 Å². The van der Waals surface area contributed by atoms with Gasteiger partial charge in [0.1, 0.15) is 5.82 Å². The summed E-state index contributed by atoms with van der Waals surface area (Å²) in [6.45, 7) is 13.1. The maximum absolute atomic E-state index is 4.38. The van der Waals surface area contributed by atoms with Crippen LogP contribution < -0.4 is 5.32 Å². The van der Waals surface area contributed by atoms with E-state index in [-0.39, 0.29) is 5.41 Å². The Hall–Kier alpha value is -0.900. The maximum Gasteiger partial charge on any atom is 0.150 e. The molecule has 4 heteroatoms. The Morgan fingerprint density at radius 2 is 2.00 bits per heavy atom. The molecule has 1 aliphatic heterocycles. The zero-order chi connectivity index (χ0) is 11.9. The zero-order valence-electron chi connectivity index (χ0n) is 10.9. The maximum atomic E-state index is 4.38. The highest BCUT2D eigenvalue weighted by molar-refractivity contribution is 5.09. The first kappa shape index (κ1) is 11.6. The van der Waals surface area contributed by atoms with Crippen LogP contribution in [0.25, 0.3) is 0 Å². The summed E-state index contributed by atoms with van der Waals surface area (Å²) in [4.78, 5) is 0. The monoisotopic (exact) mass is 222 g/mol. The number of nitrogens with zero attached hydrogens (tertiary/aromatic N) is 3. The predicted molar refractivity (Wildman–Crippen MR) is 64.3 cm³/mol. The summed E-state index contributed by atoms with van der Waals surface area (Å²) in [6, 6.07) is 0.307. The second-order valence-electron chi connectivity index (χ2n) is 5.98. The molecule has 1 atom stereocenters. The zero-order valence-corrected chi connectivity index (χ0v) is 10.9. The largest absolute Gasteiger partial charge is 0.312 e. The number of hydrogen-bond acceptors (Lipinski definition) is 3. The van der Waals surface area contributed by atoms with Gasteiger partial charge in [-0.05, 0) is 5.41 Å². The third kappa shape index (κ3) is 1.86. The Balaban J connectivity index is 2.41. The van der Waals surface area contributed by atoms with Crippen LogP contribution in [0.15, 0.2) is 0 Å². The molecule has 0 saturated heterocycles. The highest BCUT2D eigenvalue weighted by Crippen LogP contribution is 2.34. The summed E-state index contributed by atoms with van der Waals surface area (Å²) in [5.41, 5.74) is 0.180. The van der Waals surface area contributed by atoms with Crippen LogP contribution in [-0.4, -0.2) is 21.3 Å². The minimum atomic E-state index is 0.180. The van der Waals surface area contributed by atoms with Crippen molar-refractivity contribution in [2.75, 3.05) is 6.54 Å². The quantitative estimate of drug-likeness (QED) is 0.791. The molecule has 90 valence electrons. The molecule has 0 saturated carbocycles. The molecule has 0 amide bonds. The second kappa shape index (κ2) is 3.84. The van der Waals surface area contributed by atoms with E-state index in [1.165, 1.54) is 0 Å². The van der Waals surface area contributed by atoms with Crippen molar-refractivity contribution >= 4 is 0 Å². The minimum absolute atomic E-state index is 0.180. The first-order valence-corrected chi connectivity index (χ1v) is 6.07. The van der Waals surface area contributed by atoms with Crippen LogP contribution in [-0.2, 0) is 6.54 Å². The standard InChI is InChI=1S/C12H22N4/c1-8(2)10-14-15-11-9(12(3,4)5)13-6-7-16(10)11/h8-9,13H,6-7H2,1-5H3. The van der Waals surface area contributed by atoms with Crippen LogP contribution in [0.1, 0.15) is 58.2 Å². The van der Waals surface area contributed by atoms with Crippen LogP contribution in [0.5, 0.6) is 0 Å². The average molecular weight is 222 g/mol. The van der Waals surface area contributed by atoms with Crippen LogP contribution in [0, 0.1) is 5.41 Å². The molecular formula is C12H22N4. The Morgan fingerprint density at radius 1 is 1.31 bits per heavy atom. The fourth-order valence-corrected chi connectivity index (χ4v) is 2.30. The smallest absolute Gasteiger partial charge is 0.150 e. The molecule has 0 bridgehead atoms. The molecule has 1 aromatic heterocycles. The summed E-state index contributed by atoms with van der Waals surface area (Å²) in [5.74, 6) is 2.66. The van der Waals surface area contributed by atoms with E-state index in [0.717, 1.165) is 24.7 Å². The van der Waals surface area contributed by atoms with Crippen molar-refractivity contribution in [1.29, 1.82) is 0 Å². The van der Waals surface area contributed by atoms with Crippen LogP contribution in [0.3, 0.4) is 0 Å². The Labute approximate surface area is 97.5 Å². The SMILES string of the molecule is CC(C)c1nnc2n1CCNC2C(C)(C)C. The fourth-order valence-electron chi connectivity index (χ4n) is 2.30. The highest BCUT2D eigenvalue weighted by atomic mass is 15.3. The molecule has 0 fully saturated rings. The molecule has 16 heavy (non-hydrogen) atoms. The number of fused-ring (bicyclic) bond motifs is 1. The van der Waals surface area contributed by atoms with Gasteiger partial charge in [-0.15, -0.1) is 10.2 Å². The van der Waals surface area contributed by atoms with Crippen molar-refractivity contribution in [3.63, 3.8) is 0 Å². The first-order valence-electron chi connectivity index (χ1n) is 6.07. The number of hydrogen-bond donors (Lipinski definition) is 1. The summed E-state index contributed by atoms with van der Waals surface area (Å²) in [7, 11) is 0. The van der Waals surface area contributed by atoms with Gasteiger partial charge in [0, 0.05) is 19.0 Å². The van der Waals surface area contributed by atoms with E-state index in [1.54, 1.807) is 0 Å². The van der Waals surface area contributed by atoms with Crippen LogP contribution >= 0.6 is 0 Å². The summed E-state index contributed by atoms with van der Waals surface area (Å²) < 4.78 is 2.29. The molecule has 1 unspecified atom stereocenters. The van der Waals surface area contributed by atoms with E-state index < -0.39 is 0 Å². The Kier molecular flexibility index (Phi) is 2.78. The fraction of sp³-hybridized carbons (Fsp3) is 0.833. The Morgan fingerprint density at radius 3 is 2.56 bits per heavy atom. The van der Waals surface area contributed by atoms with Gasteiger partial charge in [-0.3, -0.25) is 0 Å². The molecule has 0 radical (unpaired) electrons. The van der Waals surface area contributed by atoms with Gasteiger partial charge in [-0.2, -0.15) is 0 Å². The molecule has 2 heterocycles. The molecule has 1 aromatic rings. The minimum Gasteiger partial charge on any atom is -0.312 e. The van der Waals surface area contributed by atoms with Crippen molar-refractivity contribution in [2.45, 2.75) is 53.1 Å². The molecular weight excluding hydrogens is 200 g/mol. The van der Waals surface area contributed by atoms with Crippen molar-refractivity contribution in [3.8, 4) is 0 Å². The average Bonchev–Trinajstić information content (AvgIpc) is 2.58. The van der Waals surface area contributed by atoms with Crippen molar-refractivity contribution in [1.82, 2.24) is 20.1 Å². The van der Waals surface area contributed by atoms with Gasteiger partial charge in [-0.1, -0.05) is 34.6 Å². The topological polar surface area (TPSA) is 42.7 Å². The predicted octanol–water partition coefficient (Wildman–Crippen LogP) is 2.09. The molecule has 0 aromatic carbocycles. The number of aromatic nitrogens is 3. The van der Waals surface area contributed by atoms with Gasteiger partial charge in [0.05, 0.1) is 6.04 Å². The Bertz CT molecular complexity index is 373. The second-order valence-corrected chi connectivity index (χ2v) is 5.98. The van der Waals surface area contributed by atoms with Crippen molar-refractivity contribution in [2.24, 2.45) is 5.41 Å². The first-order chi connectivity index (χ1) is 7.41. The van der Waals surface area contributed by atoms with Gasteiger partial charge in [-0.25, -0.2) is 0 Å². The third-order valence-electron chi connectivity index (χ3n) is 3.13. The van der Waals surface area contributed by atoms with E-state index in [4.69, 9.17) is 0 Å². The lowest BCUT2D eigenvalue weighted by molar-refractivity contribution is 0.231. The van der Waals surface area contributed by atoms with Crippen molar-refractivity contribution < 1.29 is 0 Å². The van der Waals surface area contributed by atoms with E-state index in [0.29, 0.717) is 12.0 Å². The molecule has 1 aliphatic rings. The molecule has 0 aliphatic carbocycles. The number of nitrogens with one attached hydrogen (secondary N) is 1. The molecule has 2 rings (SSSR count).